The van der Waals surface area contributed by atoms with Gasteiger partial charge in [0, 0.05) is 24.3 Å². The van der Waals surface area contributed by atoms with Gasteiger partial charge in [0.1, 0.15) is 11.6 Å². The van der Waals surface area contributed by atoms with Crippen LogP contribution in [0.1, 0.15) is 6.42 Å². The highest BCUT2D eigenvalue weighted by atomic mass is 35.5. The molecule has 0 aromatic heterocycles. The molecule has 0 bridgehead atoms. The SMILES string of the molecule is O=C(Nc1ccc(O)cc1)[C@@H]1CC(=O)N(c2ccc(F)c(Cl)c2)C1. The molecule has 0 radical (unpaired) electrons. The van der Waals surface area contributed by atoms with E-state index in [1.807, 2.05) is 0 Å². The number of benzene rings is 2. The van der Waals surface area contributed by atoms with Crippen LogP contribution in [0.15, 0.2) is 42.5 Å². The molecule has 2 amide bonds. The van der Waals surface area contributed by atoms with Gasteiger partial charge in [-0.05, 0) is 42.5 Å². The van der Waals surface area contributed by atoms with E-state index in [4.69, 9.17) is 11.6 Å². The van der Waals surface area contributed by atoms with Crippen molar-refractivity contribution >= 4 is 34.8 Å². The van der Waals surface area contributed by atoms with Crippen LogP contribution in [0.5, 0.6) is 5.75 Å². The van der Waals surface area contributed by atoms with Crippen LogP contribution in [0.2, 0.25) is 5.02 Å². The highest BCUT2D eigenvalue weighted by Crippen LogP contribution is 2.29. The summed E-state index contributed by atoms with van der Waals surface area (Å²) in [4.78, 5) is 25.9. The topological polar surface area (TPSA) is 69.6 Å². The van der Waals surface area contributed by atoms with Crippen LogP contribution in [0, 0.1) is 11.7 Å². The maximum absolute atomic E-state index is 13.2. The van der Waals surface area contributed by atoms with Crippen LogP contribution in [-0.2, 0) is 9.59 Å². The molecule has 1 heterocycles. The van der Waals surface area contributed by atoms with E-state index in [-0.39, 0.29) is 35.6 Å². The minimum Gasteiger partial charge on any atom is -0.508 e. The van der Waals surface area contributed by atoms with E-state index in [9.17, 15) is 19.1 Å². The molecule has 0 spiro atoms. The second-order valence-electron chi connectivity index (χ2n) is 5.54. The second-order valence-corrected chi connectivity index (χ2v) is 5.95. The first-order valence-electron chi connectivity index (χ1n) is 7.29. The van der Waals surface area contributed by atoms with E-state index in [2.05, 4.69) is 5.32 Å². The van der Waals surface area contributed by atoms with Crippen LogP contribution >= 0.6 is 11.6 Å². The molecule has 0 unspecified atom stereocenters. The minimum absolute atomic E-state index is 0.0684. The van der Waals surface area contributed by atoms with Crippen LogP contribution in [-0.4, -0.2) is 23.5 Å². The molecule has 0 aliphatic carbocycles. The van der Waals surface area contributed by atoms with Gasteiger partial charge in [-0.2, -0.15) is 0 Å². The monoisotopic (exact) mass is 348 g/mol. The molecule has 0 saturated carbocycles. The summed E-state index contributed by atoms with van der Waals surface area (Å²) in [5, 5.41) is 11.9. The number of carbonyl (C=O) groups is 2. The Morgan fingerprint density at radius 2 is 1.96 bits per heavy atom. The lowest BCUT2D eigenvalue weighted by Gasteiger charge is -2.17. The maximum Gasteiger partial charge on any atom is 0.229 e. The number of nitrogens with one attached hydrogen (secondary N) is 1. The Bertz CT molecular complexity index is 795. The van der Waals surface area contributed by atoms with Gasteiger partial charge in [-0.1, -0.05) is 11.6 Å². The molecule has 1 saturated heterocycles. The van der Waals surface area contributed by atoms with Crippen LogP contribution < -0.4 is 10.2 Å². The normalized spacial score (nSPS) is 17.2. The highest BCUT2D eigenvalue weighted by molar-refractivity contribution is 6.31. The van der Waals surface area contributed by atoms with Crippen molar-refractivity contribution in [3.63, 3.8) is 0 Å². The molecule has 124 valence electrons. The predicted octanol–water partition coefficient (Wildman–Crippen LogP) is 3.18. The van der Waals surface area contributed by atoms with Crippen molar-refractivity contribution in [2.75, 3.05) is 16.8 Å². The summed E-state index contributed by atoms with van der Waals surface area (Å²) in [6, 6.07) is 10.1. The number of anilines is 2. The lowest BCUT2D eigenvalue weighted by atomic mass is 10.1. The van der Waals surface area contributed by atoms with Crippen molar-refractivity contribution < 1.29 is 19.1 Å². The summed E-state index contributed by atoms with van der Waals surface area (Å²) in [6.45, 7) is 0.199. The third-order valence-corrected chi connectivity index (χ3v) is 4.14. The lowest BCUT2D eigenvalue weighted by Crippen LogP contribution is -2.28. The van der Waals surface area contributed by atoms with E-state index in [0.717, 1.165) is 0 Å². The molecule has 1 aliphatic heterocycles. The second kappa shape index (κ2) is 6.49. The van der Waals surface area contributed by atoms with E-state index in [1.54, 1.807) is 12.1 Å². The molecule has 24 heavy (non-hydrogen) atoms. The van der Waals surface area contributed by atoms with E-state index in [0.29, 0.717) is 11.4 Å². The van der Waals surface area contributed by atoms with Crippen molar-refractivity contribution in [2.24, 2.45) is 5.92 Å². The van der Waals surface area contributed by atoms with Gasteiger partial charge < -0.3 is 15.3 Å². The molecule has 1 fully saturated rings. The summed E-state index contributed by atoms with van der Waals surface area (Å²) in [7, 11) is 0. The third-order valence-electron chi connectivity index (χ3n) is 3.85. The molecular formula is C17H14ClFN2O3. The number of amides is 2. The number of aromatic hydroxyl groups is 1. The van der Waals surface area contributed by atoms with Crippen molar-refractivity contribution in [3.8, 4) is 5.75 Å². The Morgan fingerprint density at radius 3 is 2.62 bits per heavy atom. The molecule has 1 aliphatic rings. The summed E-state index contributed by atoms with van der Waals surface area (Å²) in [5.74, 6) is -1.49. The fourth-order valence-electron chi connectivity index (χ4n) is 2.57. The van der Waals surface area contributed by atoms with E-state index in [1.165, 1.54) is 35.2 Å². The fraction of sp³-hybridized carbons (Fsp3) is 0.176. The van der Waals surface area contributed by atoms with Crippen LogP contribution in [0.4, 0.5) is 15.8 Å². The molecular weight excluding hydrogens is 335 g/mol. The van der Waals surface area contributed by atoms with Crippen molar-refractivity contribution in [1.29, 1.82) is 0 Å². The number of hydrogen-bond acceptors (Lipinski definition) is 3. The van der Waals surface area contributed by atoms with E-state index >= 15 is 0 Å². The molecule has 3 rings (SSSR count). The van der Waals surface area contributed by atoms with Crippen molar-refractivity contribution in [2.45, 2.75) is 6.42 Å². The van der Waals surface area contributed by atoms with Gasteiger partial charge in [-0.15, -0.1) is 0 Å². The predicted molar refractivity (Wildman–Crippen MR) is 88.6 cm³/mol. The summed E-state index contributed by atoms with van der Waals surface area (Å²) < 4.78 is 13.2. The first kappa shape index (κ1) is 16.3. The van der Waals surface area contributed by atoms with Gasteiger partial charge in [0.15, 0.2) is 0 Å². The largest absolute Gasteiger partial charge is 0.508 e. The molecule has 2 N–H and O–H groups in total. The molecule has 2 aromatic carbocycles. The van der Waals surface area contributed by atoms with Gasteiger partial charge in [0.05, 0.1) is 10.9 Å². The zero-order valence-corrected chi connectivity index (χ0v) is 13.3. The average molecular weight is 349 g/mol. The van der Waals surface area contributed by atoms with Gasteiger partial charge in [0.2, 0.25) is 11.8 Å². The Kier molecular flexibility index (Phi) is 4.40. The smallest absolute Gasteiger partial charge is 0.229 e. The number of carbonyl (C=O) groups excluding carboxylic acids is 2. The zero-order valence-electron chi connectivity index (χ0n) is 12.5. The summed E-state index contributed by atoms with van der Waals surface area (Å²) in [6.07, 6.45) is 0.0684. The zero-order chi connectivity index (χ0) is 17.3. The minimum atomic E-state index is -0.561. The fourth-order valence-corrected chi connectivity index (χ4v) is 2.75. The quantitative estimate of drug-likeness (QED) is 0.837. The molecule has 5 nitrogen and oxygen atoms in total. The van der Waals surface area contributed by atoms with Gasteiger partial charge in [-0.3, -0.25) is 9.59 Å². The number of rotatable bonds is 3. The Hall–Kier alpha value is -2.60. The first-order valence-corrected chi connectivity index (χ1v) is 7.67. The number of nitrogens with zero attached hydrogens (tertiary/aromatic N) is 1. The van der Waals surface area contributed by atoms with Crippen LogP contribution in [0.3, 0.4) is 0 Å². The van der Waals surface area contributed by atoms with Gasteiger partial charge in [0.25, 0.3) is 0 Å². The maximum atomic E-state index is 13.2. The Labute approximate surface area is 142 Å². The van der Waals surface area contributed by atoms with E-state index < -0.39 is 11.7 Å². The Morgan fingerprint density at radius 1 is 1.25 bits per heavy atom. The first-order chi connectivity index (χ1) is 11.4. The molecule has 7 heteroatoms. The number of halogens is 2. The van der Waals surface area contributed by atoms with Crippen molar-refractivity contribution in [3.05, 3.63) is 53.3 Å². The number of phenols is 1. The highest BCUT2D eigenvalue weighted by Gasteiger charge is 2.35. The lowest BCUT2D eigenvalue weighted by molar-refractivity contribution is -0.122. The van der Waals surface area contributed by atoms with Crippen molar-refractivity contribution in [1.82, 2.24) is 0 Å². The summed E-state index contributed by atoms with van der Waals surface area (Å²) in [5.41, 5.74) is 1.000. The molecule has 1 atom stereocenters. The summed E-state index contributed by atoms with van der Waals surface area (Å²) >= 11 is 5.75. The standard InChI is InChI=1S/C17H14ClFN2O3/c18-14-8-12(3-6-15(14)19)21-9-10(7-16(21)23)17(24)20-11-1-4-13(22)5-2-11/h1-6,8,10,22H,7,9H2,(H,20,24)/t10-/m1/s1. The van der Waals surface area contributed by atoms with Gasteiger partial charge >= 0.3 is 0 Å². The van der Waals surface area contributed by atoms with Crippen LogP contribution in [0.25, 0.3) is 0 Å². The van der Waals surface area contributed by atoms with Gasteiger partial charge in [-0.25, -0.2) is 4.39 Å². The Balaban J connectivity index is 1.70. The average Bonchev–Trinajstić information content (AvgIpc) is 2.94. The number of hydrogen-bond donors (Lipinski definition) is 2. The molecule has 2 aromatic rings. The number of phenolic OH excluding ortho intramolecular Hbond substituents is 1. The third kappa shape index (κ3) is 3.33.